The van der Waals surface area contributed by atoms with Gasteiger partial charge in [0.15, 0.2) is 0 Å². The summed E-state index contributed by atoms with van der Waals surface area (Å²) < 4.78 is 0. The third-order valence-electron chi connectivity index (χ3n) is 4.31. The fraction of sp³-hybridized carbons (Fsp3) is 0.692. The van der Waals surface area contributed by atoms with Crippen molar-refractivity contribution in [3.8, 4) is 0 Å². The summed E-state index contributed by atoms with van der Waals surface area (Å²) in [5.41, 5.74) is 5.98. The van der Waals surface area contributed by atoms with Crippen LogP contribution >= 0.6 is 0 Å². The van der Waals surface area contributed by atoms with Crippen molar-refractivity contribution in [3.05, 3.63) is 11.6 Å². The summed E-state index contributed by atoms with van der Waals surface area (Å²) in [5.74, 6) is -0.0608. The highest BCUT2D eigenvalue weighted by atomic mass is 16.2. The van der Waals surface area contributed by atoms with Crippen LogP contribution in [0.5, 0.6) is 0 Å². The number of rotatable bonds is 2. The molecule has 2 amide bonds. The molecule has 1 fully saturated rings. The van der Waals surface area contributed by atoms with Crippen molar-refractivity contribution in [3.63, 3.8) is 0 Å². The lowest BCUT2D eigenvalue weighted by molar-refractivity contribution is -0.148. The molecular formula is C13H20N2O2. The molecule has 4 nitrogen and oxygen atoms in total. The topological polar surface area (TPSA) is 63.4 Å². The van der Waals surface area contributed by atoms with Gasteiger partial charge < -0.3 is 5.73 Å². The van der Waals surface area contributed by atoms with Gasteiger partial charge in [0.05, 0.1) is 5.54 Å². The molecule has 4 heteroatoms. The molecule has 0 aromatic carbocycles. The Morgan fingerprint density at radius 3 is 2.65 bits per heavy atom. The number of amides is 2. The SMILES string of the molecule is CC1=CC(=O)N(C2(CN)CCCCC2C)C1=O. The summed E-state index contributed by atoms with van der Waals surface area (Å²) in [6.07, 6.45) is 5.50. The van der Waals surface area contributed by atoms with Gasteiger partial charge in [-0.15, -0.1) is 0 Å². The van der Waals surface area contributed by atoms with Gasteiger partial charge >= 0.3 is 0 Å². The third-order valence-corrected chi connectivity index (χ3v) is 4.31. The van der Waals surface area contributed by atoms with Gasteiger partial charge in [-0.1, -0.05) is 19.8 Å². The first-order chi connectivity index (χ1) is 8.03. The molecule has 2 atom stereocenters. The molecule has 0 saturated heterocycles. The summed E-state index contributed by atoms with van der Waals surface area (Å²) in [5, 5.41) is 0. The highest BCUT2D eigenvalue weighted by Gasteiger charge is 2.49. The van der Waals surface area contributed by atoms with Crippen LogP contribution in [-0.4, -0.2) is 28.8 Å². The van der Waals surface area contributed by atoms with Crippen LogP contribution < -0.4 is 5.73 Å². The van der Waals surface area contributed by atoms with Crippen LogP contribution in [0.15, 0.2) is 11.6 Å². The van der Waals surface area contributed by atoms with Crippen molar-refractivity contribution < 1.29 is 9.59 Å². The minimum Gasteiger partial charge on any atom is -0.328 e. The standard InChI is InChI=1S/C13H20N2O2/c1-9-7-11(16)15(12(9)17)13(8-14)6-4-3-5-10(13)2/h7,10H,3-6,8,14H2,1-2H3. The number of hydrogen-bond acceptors (Lipinski definition) is 3. The Morgan fingerprint density at radius 1 is 1.47 bits per heavy atom. The fourth-order valence-electron chi connectivity index (χ4n) is 3.13. The van der Waals surface area contributed by atoms with Gasteiger partial charge in [-0.3, -0.25) is 14.5 Å². The zero-order chi connectivity index (χ0) is 12.6. The number of carbonyl (C=O) groups is 2. The molecule has 0 aromatic heterocycles. The van der Waals surface area contributed by atoms with Crippen molar-refractivity contribution in [2.24, 2.45) is 11.7 Å². The lowest BCUT2D eigenvalue weighted by atomic mass is 9.72. The van der Waals surface area contributed by atoms with Crippen molar-refractivity contribution in [2.75, 3.05) is 6.54 Å². The lowest BCUT2D eigenvalue weighted by Gasteiger charge is -2.47. The van der Waals surface area contributed by atoms with Crippen LogP contribution in [0, 0.1) is 5.92 Å². The normalized spacial score (nSPS) is 34.2. The van der Waals surface area contributed by atoms with Gasteiger partial charge in [0.25, 0.3) is 11.8 Å². The van der Waals surface area contributed by atoms with Gasteiger partial charge in [0, 0.05) is 18.2 Å². The smallest absolute Gasteiger partial charge is 0.257 e. The molecule has 1 aliphatic heterocycles. The first kappa shape index (κ1) is 12.3. The minimum absolute atomic E-state index is 0.158. The maximum absolute atomic E-state index is 12.1. The van der Waals surface area contributed by atoms with E-state index in [2.05, 4.69) is 6.92 Å². The van der Waals surface area contributed by atoms with E-state index in [-0.39, 0.29) is 17.7 Å². The Kier molecular flexibility index (Phi) is 3.08. The third kappa shape index (κ3) is 1.71. The van der Waals surface area contributed by atoms with Crippen LogP contribution in [0.4, 0.5) is 0 Å². The van der Waals surface area contributed by atoms with E-state index in [9.17, 15) is 9.59 Å². The second-order valence-corrected chi connectivity index (χ2v) is 5.26. The molecule has 0 spiro atoms. The second-order valence-electron chi connectivity index (χ2n) is 5.26. The van der Waals surface area contributed by atoms with Crippen LogP contribution in [0.2, 0.25) is 0 Å². The van der Waals surface area contributed by atoms with Gasteiger partial charge in [0.1, 0.15) is 0 Å². The molecule has 0 radical (unpaired) electrons. The first-order valence-electron chi connectivity index (χ1n) is 6.30. The molecule has 0 bridgehead atoms. The monoisotopic (exact) mass is 236 g/mol. The molecule has 0 aromatic rings. The molecule has 1 aliphatic carbocycles. The first-order valence-corrected chi connectivity index (χ1v) is 6.30. The van der Waals surface area contributed by atoms with Crippen LogP contribution in [0.1, 0.15) is 39.5 Å². The quantitative estimate of drug-likeness (QED) is 0.733. The molecule has 1 heterocycles. The zero-order valence-corrected chi connectivity index (χ0v) is 10.5. The molecule has 2 rings (SSSR count). The van der Waals surface area contributed by atoms with Crippen molar-refractivity contribution in [1.82, 2.24) is 4.90 Å². The van der Waals surface area contributed by atoms with E-state index in [1.807, 2.05) is 0 Å². The molecule has 94 valence electrons. The minimum atomic E-state index is -0.458. The van der Waals surface area contributed by atoms with Gasteiger partial charge in [-0.25, -0.2) is 0 Å². The Morgan fingerprint density at radius 2 is 2.18 bits per heavy atom. The highest BCUT2D eigenvalue weighted by molar-refractivity contribution is 6.16. The average molecular weight is 236 g/mol. The predicted octanol–water partition coefficient (Wildman–Crippen LogP) is 1.21. The Hall–Kier alpha value is -1.16. The number of hydrogen-bond donors (Lipinski definition) is 1. The van der Waals surface area contributed by atoms with Crippen LogP contribution in [-0.2, 0) is 9.59 Å². The van der Waals surface area contributed by atoms with E-state index in [4.69, 9.17) is 5.73 Å². The molecule has 2 aliphatic rings. The molecule has 2 N–H and O–H groups in total. The highest BCUT2D eigenvalue weighted by Crippen LogP contribution is 2.40. The van der Waals surface area contributed by atoms with Crippen molar-refractivity contribution in [1.29, 1.82) is 0 Å². The largest absolute Gasteiger partial charge is 0.328 e. The summed E-state index contributed by atoms with van der Waals surface area (Å²) in [6, 6.07) is 0. The van der Waals surface area contributed by atoms with E-state index in [0.717, 1.165) is 25.7 Å². The lowest BCUT2D eigenvalue weighted by Crippen LogP contribution is -2.61. The van der Waals surface area contributed by atoms with Gasteiger partial charge in [-0.2, -0.15) is 0 Å². The Labute approximate surface area is 102 Å². The maximum atomic E-state index is 12.1. The zero-order valence-electron chi connectivity index (χ0n) is 10.5. The molecule has 1 saturated carbocycles. The molecule has 2 unspecified atom stereocenters. The Bertz CT molecular complexity index is 389. The summed E-state index contributed by atoms with van der Waals surface area (Å²) in [4.78, 5) is 25.5. The number of carbonyl (C=O) groups excluding carboxylic acids is 2. The summed E-state index contributed by atoms with van der Waals surface area (Å²) >= 11 is 0. The average Bonchev–Trinajstić information content (AvgIpc) is 2.55. The summed E-state index contributed by atoms with van der Waals surface area (Å²) in [6.45, 7) is 4.16. The number of imide groups is 1. The summed E-state index contributed by atoms with van der Waals surface area (Å²) in [7, 11) is 0. The predicted molar refractivity (Wildman–Crippen MR) is 65.0 cm³/mol. The second kappa shape index (κ2) is 4.26. The van der Waals surface area contributed by atoms with E-state index < -0.39 is 5.54 Å². The van der Waals surface area contributed by atoms with E-state index >= 15 is 0 Å². The fourth-order valence-corrected chi connectivity index (χ4v) is 3.13. The van der Waals surface area contributed by atoms with E-state index in [0.29, 0.717) is 12.1 Å². The van der Waals surface area contributed by atoms with E-state index in [1.54, 1.807) is 6.92 Å². The van der Waals surface area contributed by atoms with Gasteiger partial charge in [-0.05, 0) is 25.7 Å². The van der Waals surface area contributed by atoms with Crippen molar-refractivity contribution >= 4 is 11.8 Å². The van der Waals surface area contributed by atoms with Crippen LogP contribution in [0.3, 0.4) is 0 Å². The van der Waals surface area contributed by atoms with Crippen molar-refractivity contribution in [2.45, 2.75) is 45.1 Å². The molecular weight excluding hydrogens is 216 g/mol. The number of nitrogens with two attached hydrogens (primary N) is 1. The van der Waals surface area contributed by atoms with Crippen LogP contribution in [0.25, 0.3) is 0 Å². The van der Waals surface area contributed by atoms with E-state index in [1.165, 1.54) is 11.0 Å². The molecule has 17 heavy (non-hydrogen) atoms. The maximum Gasteiger partial charge on any atom is 0.257 e. The van der Waals surface area contributed by atoms with Gasteiger partial charge in [0.2, 0.25) is 0 Å². The Balaban J connectivity index is 2.36. The number of nitrogens with zero attached hydrogens (tertiary/aromatic N) is 1.